The van der Waals surface area contributed by atoms with Gasteiger partial charge in [-0.25, -0.2) is 0 Å². The molecular weight excluding hydrogens is 178 g/mol. The van der Waals surface area contributed by atoms with Gasteiger partial charge in [0.15, 0.2) is 11.9 Å². The number of carbonyl (C=O) groups excluding carboxylic acids is 1. The number of hydrogen-bond donors (Lipinski definition) is 0. The van der Waals surface area contributed by atoms with Gasteiger partial charge in [-0.2, -0.15) is 5.26 Å². The lowest BCUT2D eigenvalue weighted by molar-refractivity contribution is -0.118. The van der Waals surface area contributed by atoms with E-state index in [1.807, 2.05) is 6.07 Å². The number of carbonyl (C=O) groups is 1. The van der Waals surface area contributed by atoms with Gasteiger partial charge in [0.2, 0.25) is 0 Å². The fourth-order valence-electron chi connectivity index (χ4n) is 0.957. The Morgan fingerprint density at radius 1 is 1.50 bits per heavy atom. The van der Waals surface area contributed by atoms with Crippen molar-refractivity contribution >= 4 is 6.29 Å². The zero-order chi connectivity index (χ0) is 10.6. The molecular formula is C11H11NO2. The molecule has 0 amide bonds. The summed E-state index contributed by atoms with van der Waals surface area (Å²) in [5.41, 5.74) is -0.335. The first-order valence-corrected chi connectivity index (χ1v) is 4.23. The third-order valence-electron chi connectivity index (χ3n) is 1.63. The van der Waals surface area contributed by atoms with Crippen LogP contribution in [0.1, 0.15) is 19.4 Å². The summed E-state index contributed by atoms with van der Waals surface area (Å²) < 4.78 is 5.37. The molecule has 0 aliphatic heterocycles. The molecule has 0 saturated carbocycles. The van der Waals surface area contributed by atoms with Gasteiger partial charge >= 0.3 is 0 Å². The highest BCUT2D eigenvalue weighted by Gasteiger charge is 2.18. The van der Waals surface area contributed by atoms with E-state index in [2.05, 4.69) is 0 Å². The Hall–Kier alpha value is -1.82. The van der Waals surface area contributed by atoms with Gasteiger partial charge in [0.05, 0.1) is 11.6 Å². The fraction of sp³-hybridized carbons (Fsp3) is 0.273. The lowest BCUT2D eigenvalue weighted by Crippen LogP contribution is -2.29. The van der Waals surface area contributed by atoms with Crippen LogP contribution in [0.15, 0.2) is 24.3 Å². The van der Waals surface area contributed by atoms with E-state index in [4.69, 9.17) is 10.00 Å². The Morgan fingerprint density at radius 2 is 2.21 bits per heavy atom. The second kappa shape index (κ2) is 3.93. The molecule has 14 heavy (non-hydrogen) atoms. The maximum Gasteiger partial charge on any atom is 0.162 e. The largest absolute Gasteiger partial charge is 0.480 e. The SMILES string of the molecule is CC(C)(C=O)Oc1cccc(C#N)c1. The number of nitrogens with zero attached hydrogens (tertiary/aromatic N) is 1. The van der Waals surface area contributed by atoms with E-state index in [0.717, 1.165) is 6.29 Å². The van der Waals surface area contributed by atoms with Crippen molar-refractivity contribution in [3.05, 3.63) is 29.8 Å². The summed E-state index contributed by atoms with van der Waals surface area (Å²) >= 11 is 0. The van der Waals surface area contributed by atoms with Gasteiger partial charge in [-0.1, -0.05) is 6.07 Å². The molecule has 3 heteroatoms. The minimum absolute atomic E-state index is 0.518. The van der Waals surface area contributed by atoms with Crippen molar-refractivity contribution in [3.8, 4) is 11.8 Å². The first-order valence-electron chi connectivity index (χ1n) is 4.23. The van der Waals surface area contributed by atoms with Crippen LogP contribution in [-0.4, -0.2) is 11.9 Å². The number of ether oxygens (including phenoxy) is 1. The molecule has 3 nitrogen and oxygen atoms in total. The summed E-state index contributed by atoms with van der Waals surface area (Å²) in [6.07, 6.45) is 0.728. The van der Waals surface area contributed by atoms with Crippen molar-refractivity contribution in [1.82, 2.24) is 0 Å². The number of rotatable bonds is 3. The molecule has 0 unspecified atom stereocenters. The van der Waals surface area contributed by atoms with Gasteiger partial charge in [-0.15, -0.1) is 0 Å². The van der Waals surface area contributed by atoms with Crippen molar-refractivity contribution in [1.29, 1.82) is 5.26 Å². The van der Waals surface area contributed by atoms with Crippen molar-refractivity contribution in [2.75, 3.05) is 0 Å². The van der Waals surface area contributed by atoms with Crippen LogP contribution in [0.5, 0.6) is 5.75 Å². The minimum Gasteiger partial charge on any atom is -0.480 e. The molecule has 0 heterocycles. The number of aldehydes is 1. The van der Waals surface area contributed by atoms with Crippen molar-refractivity contribution in [2.45, 2.75) is 19.4 Å². The first-order chi connectivity index (χ1) is 6.57. The number of hydrogen-bond acceptors (Lipinski definition) is 3. The monoisotopic (exact) mass is 189 g/mol. The third kappa shape index (κ3) is 2.60. The Labute approximate surface area is 82.9 Å². The molecule has 0 saturated heterocycles. The zero-order valence-corrected chi connectivity index (χ0v) is 8.15. The Balaban J connectivity index is 2.88. The number of nitriles is 1. The van der Waals surface area contributed by atoms with Gasteiger partial charge in [0.25, 0.3) is 0 Å². The molecule has 0 bridgehead atoms. The summed E-state index contributed by atoms with van der Waals surface area (Å²) in [6.45, 7) is 3.33. The molecule has 0 atom stereocenters. The first kappa shape index (κ1) is 10.3. The maximum absolute atomic E-state index is 10.6. The minimum atomic E-state index is -0.853. The molecule has 0 spiro atoms. The lowest BCUT2D eigenvalue weighted by Gasteiger charge is -2.19. The molecule has 0 aromatic heterocycles. The zero-order valence-electron chi connectivity index (χ0n) is 8.15. The number of benzene rings is 1. The van der Waals surface area contributed by atoms with E-state index in [1.54, 1.807) is 38.1 Å². The van der Waals surface area contributed by atoms with Gasteiger partial charge in [-0.05, 0) is 32.0 Å². The molecule has 0 aliphatic rings. The van der Waals surface area contributed by atoms with Crippen LogP contribution < -0.4 is 4.74 Å². The second-order valence-electron chi connectivity index (χ2n) is 3.46. The van der Waals surface area contributed by atoms with E-state index in [9.17, 15) is 4.79 Å². The van der Waals surface area contributed by atoms with E-state index in [-0.39, 0.29) is 0 Å². The summed E-state index contributed by atoms with van der Waals surface area (Å²) in [5, 5.41) is 8.64. The molecule has 0 fully saturated rings. The summed E-state index contributed by atoms with van der Waals surface area (Å²) in [4.78, 5) is 10.6. The Kier molecular flexibility index (Phi) is 2.88. The van der Waals surface area contributed by atoms with Crippen LogP contribution >= 0.6 is 0 Å². The molecule has 0 aliphatic carbocycles. The van der Waals surface area contributed by atoms with Gasteiger partial charge in [-0.3, -0.25) is 4.79 Å². The lowest BCUT2D eigenvalue weighted by atomic mass is 10.1. The summed E-state index contributed by atoms with van der Waals surface area (Å²) in [5.74, 6) is 0.529. The van der Waals surface area contributed by atoms with Crippen molar-refractivity contribution in [2.24, 2.45) is 0 Å². The average molecular weight is 189 g/mol. The molecule has 1 aromatic rings. The van der Waals surface area contributed by atoms with Crippen molar-refractivity contribution in [3.63, 3.8) is 0 Å². The highest BCUT2D eigenvalue weighted by atomic mass is 16.5. The molecule has 0 N–H and O–H groups in total. The van der Waals surface area contributed by atoms with Gasteiger partial charge in [0.1, 0.15) is 5.75 Å². The fourth-order valence-corrected chi connectivity index (χ4v) is 0.957. The van der Waals surface area contributed by atoms with Crippen LogP contribution in [0.25, 0.3) is 0 Å². The average Bonchev–Trinajstić information content (AvgIpc) is 2.17. The van der Waals surface area contributed by atoms with Crippen LogP contribution in [0.4, 0.5) is 0 Å². The Morgan fingerprint density at radius 3 is 2.79 bits per heavy atom. The quantitative estimate of drug-likeness (QED) is 0.682. The predicted molar refractivity (Wildman–Crippen MR) is 51.9 cm³/mol. The van der Waals surface area contributed by atoms with Crippen molar-refractivity contribution < 1.29 is 9.53 Å². The molecule has 0 radical (unpaired) electrons. The normalized spacial score (nSPS) is 10.4. The topological polar surface area (TPSA) is 50.1 Å². The van der Waals surface area contributed by atoms with Gasteiger partial charge in [0, 0.05) is 0 Å². The van der Waals surface area contributed by atoms with Gasteiger partial charge < -0.3 is 4.74 Å². The van der Waals surface area contributed by atoms with E-state index in [1.165, 1.54) is 0 Å². The van der Waals surface area contributed by atoms with Crippen LogP contribution in [0.3, 0.4) is 0 Å². The van der Waals surface area contributed by atoms with Crippen LogP contribution in [0.2, 0.25) is 0 Å². The van der Waals surface area contributed by atoms with Crippen LogP contribution in [-0.2, 0) is 4.79 Å². The Bertz CT molecular complexity index is 377. The van der Waals surface area contributed by atoms with E-state index in [0.29, 0.717) is 11.3 Å². The second-order valence-corrected chi connectivity index (χ2v) is 3.46. The molecule has 72 valence electrons. The maximum atomic E-state index is 10.6. The standard InChI is InChI=1S/C11H11NO2/c1-11(2,8-13)14-10-5-3-4-9(6-10)7-12/h3-6,8H,1-2H3. The smallest absolute Gasteiger partial charge is 0.162 e. The summed E-state index contributed by atoms with van der Waals surface area (Å²) in [6, 6.07) is 8.72. The third-order valence-corrected chi connectivity index (χ3v) is 1.63. The van der Waals surface area contributed by atoms with E-state index < -0.39 is 5.60 Å². The van der Waals surface area contributed by atoms with E-state index >= 15 is 0 Å². The predicted octanol–water partition coefficient (Wildman–Crippen LogP) is 1.91. The molecule has 1 aromatic carbocycles. The molecule has 1 rings (SSSR count). The highest BCUT2D eigenvalue weighted by Crippen LogP contribution is 2.17. The van der Waals surface area contributed by atoms with Crippen LogP contribution in [0, 0.1) is 11.3 Å². The summed E-state index contributed by atoms with van der Waals surface area (Å²) in [7, 11) is 0. The highest BCUT2D eigenvalue weighted by molar-refractivity contribution is 5.61.